The molecule has 162 valence electrons. The van der Waals surface area contributed by atoms with Crippen LogP contribution in [-0.2, 0) is 14.4 Å². The maximum Gasteiger partial charge on any atom is 0.311 e. The highest BCUT2D eigenvalue weighted by Gasteiger charge is 2.66. The number of hydrogen-bond donors (Lipinski definition) is 0. The summed E-state index contributed by atoms with van der Waals surface area (Å²) in [5.74, 6) is -0.295. The molecule has 2 aliphatic carbocycles. The van der Waals surface area contributed by atoms with E-state index in [1.54, 1.807) is 24.3 Å². The third-order valence-electron chi connectivity index (χ3n) is 6.78. The Labute approximate surface area is 194 Å². The van der Waals surface area contributed by atoms with Gasteiger partial charge in [0, 0.05) is 22.1 Å². The van der Waals surface area contributed by atoms with E-state index in [1.807, 2.05) is 0 Å². The van der Waals surface area contributed by atoms with E-state index in [-0.39, 0.29) is 51.1 Å². The van der Waals surface area contributed by atoms with Gasteiger partial charge >= 0.3 is 5.97 Å². The molecule has 0 unspecified atom stereocenters. The fourth-order valence-electron chi connectivity index (χ4n) is 5.34. The number of halogens is 2. The summed E-state index contributed by atoms with van der Waals surface area (Å²) in [5.41, 5.74) is 0.490. The van der Waals surface area contributed by atoms with Gasteiger partial charge < -0.3 is 4.74 Å². The first-order valence-electron chi connectivity index (χ1n) is 10.9. The Kier molecular flexibility index (Phi) is 6.68. The molecule has 1 aliphatic heterocycles. The SMILES string of the molecule is CCCCCCCC(=O)Oc1cccc(N2C(=O)[C@H]3[C@@H]4C[C@@H]([C@@H](Br)[C@H]4Br)[C@@H]3C2=O)c1. The maximum atomic E-state index is 13.2. The van der Waals surface area contributed by atoms with Gasteiger partial charge in [0.1, 0.15) is 5.75 Å². The van der Waals surface area contributed by atoms with E-state index in [0.717, 1.165) is 25.7 Å². The summed E-state index contributed by atoms with van der Waals surface area (Å²) in [4.78, 5) is 40.2. The van der Waals surface area contributed by atoms with Crippen LogP contribution in [0.4, 0.5) is 5.69 Å². The number of carbonyl (C=O) groups excluding carboxylic acids is 3. The van der Waals surface area contributed by atoms with Crippen LogP contribution in [0.3, 0.4) is 0 Å². The van der Waals surface area contributed by atoms with Crippen molar-refractivity contribution < 1.29 is 19.1 Å². The van der Waals surface area contributed by atoms with Crippen molar-refractivity contribution in [3.8, 4) is 5.75 Å². The number of ether oxygens (including phenoxy) is 1. The fourth-order valence-corrected chi connectivity index (χ4v) is 7.22. The normalized spacial score (nSPS) is 32.0. The molecular weight excluding hydrogens is 514 g/mol. The Balaban J connectivity index is 1.43. The number of carbonyl (C=O) groups is 3. The third-order valence-corrected chi connectivity index (χ3v) is 9.99. The number of unbranched alkanes of at least 4 members (excludes halogenated alkanes) is 4. The average molecular weight is 541 g/mol. The minimum absolute atomic E-state index is 0.124. The van der Waals surface area contributed by atoms with Crippen LogP contribution in [0.2, 0.25) is 0 Å². The highest BCUT2D eigenvalue weighted by molar-refractivity contribution is 9.12. The van der Waals surface area contributed by atoms with Gasteiger partial charge in [0.05, 0.1) is 17.5 Å². The predicted octanol–water partition coefficient (Wildman–Crippen LogP) is 5.23. The summed E-state index contributed by atoms with van der Waals surface area (Å²) in [5, 5.41) is 0. The number of alkyl halides is 2. The van der Waals surface area contributed by atoms with Crippen molar-refractivity contribution in [2.45, 2.75) is 61.5 Å². The maximum absolute atomic E-state index is 13.2. The highest BCUT2D eigenvalue weighted by Crippen LogP contribution is 2.60. The second-order valence-electron chi connectivity index (χ2n) is 8.65. The summed E-state index contributed by atoms with van der Waals surface area (Å²) < 4.78 is 5.47. The molecular formula is C23H27Br2NO4. The highest BCUT2D eigenvalue weighted by atomic mass is 79.9. The van der Waals surface area contributed by atoms with E-state index in [1.165, 1.54) is 17.7 Å². The molecule has 1 aromatic rings. The quantitative estimate of drug-likeness (QED) is 0.149. The van der Waals surface area contributed by atoms with Crippen molar-refractivity contribution in [2.75, 3.05) is 4.90 Å². The molecule has 0 N–H and O–H groups in total. The number of esters is 1. The first-order valence-corrected chi connectivity index (χ1v) is 12.7. The monoisotopic (exact) mass is 539 g/mol. The molecule has 3 fully saturated rings. The van der Waals surface area contributed by atoms with E-state index in [2.05, 4.69) is 38.8 Å². The van der Waals surface area contributed by atoms with E-state index in [9.17, 15) is 14.4 Å². The Morgan fingerprint density at radius 3 is 2.30 bits per heavy atom. The molecule has 2 saturated carbocycles. The van der Waals surface area contributed by atoms with Gasteiger partial charge in [-0.05, 0) is 36.8 Å². The molecule has 30 heavy (non-hydrogen) atoms. The molecule has 1 saturated heterocycles. The number of anilines is 1. The summed E-state index contributed by atoms with van der Waals surface area (Å²) in [6.45, 7) is 2.16. The molecule has 0 radical (unpaired) electrons. The summed E-state index contributed by atoms with van der Waals surface area (Å²) >= 11 is 7.41. The van der Waals surface area contributed by atoms with Crippen LogP contribution >= 0.6 is 31.9 Å². The zero-order chi connectivity index (χ0) is 21.4. The second-order valence-corrected chi connectivity index (χ2v) is 10.8. The van der Waals surface area contributed by atoms with Gasteiger partial charge in [0.2, 0.25) is 11.8 Å². The molecule has 4 rings (SSSR count). The van der Waals surface area contributed by atoms with E-state index < -0.39 is 0 Å². The smallest absolute Gasteiger partial charge is 0.311 e. The van der Waals surface area contributed by atoms with Gasteiger partial charge in [-0.1, -0.05) is 70.5 Å². The van der Waals surface area contributed by atoms with Gasteiger partial charge in [0.15, 0.2) is 0 Å². The van der Waals surface area contributed by atoms with Gasteiger partial charge in [-0.15, -0.1) is 0 Å². The number of fused-ring (bicyclic) bond motifs is 5. The molecule has 1 heterocycles. The average Bonchev–Trinajstić information content (AvgIpc) is 3.33. The molecule has 2 bridgehead atoms. The Morgan fingerprint density at radius 1 is 1.03 bits per heavy atom. The number of benzene rings is 1. The first-order chi connectivity index (χ1) is 14.4. The van der Waals surface area contributed by atoms with Gasteiger partial charge in [-0.3, -0.25) is 14.4 Å². The van der Waals surface area contributed by atoms with Crippen LogP contribution in [0.5, 0.6) is 5.75 Å². The van der Waals surface area contributed by atoms with Crippen LogP contribution in [0.15, 0.2) is 24.3 Å². The van der Waals surface area contributed by atoms with Crippen molar-refractivity contribution in [3.63, 3.8) is 0 Å². The Bertz CT molecular complexity index is 812. The van der Waals surface area contributed by atoms with Crippen LogP contribution < -0.4 is 9.64 Å². The van der Waals surface area contributed by atoms with Crippen molar-refractivity contribution in [2.24, 2.45) is 23.7 Å². The van der Waals surface area contributed by atoms with Crippen molar-refractivity contribution in [1.82, 2.24) is 0 Å². The van der Waals surface area contributed by atoms with Gasteiger partial charge in [0.25, 0.3) is 0 Å². The molecule has 3 aliphatic rings. The van der Waals surface area contributed by atoms with Crippen LogP contribution in [0.1, 0.15) is 51.9 Å². The Hall–Kier alpha value is -1.21. The van der Waals surface area contributed by atoms with E-state index in [4.69, 9.17) is 4.74 Å². The van der Waals surface area contributed by atoms with Gasteiger partial charge in [-0.25, -0.2) is 4.90 Å². The lowest BCUT2D eigenvalue weighted by molar-refractivity contribution is -0.134. The molecule has 2 amide bonds. The summed E-state index contributed by atoms with van der Waals surface area (Å²) in [6, 6.07) is 6.78. The van der Waals surface area contributed by atoms with Crippen molar-refractivity contribution in [1.29, 1.82) is 0 Å². The molecule has 1 aromatic carbocycles. The largest absolute Gasteiger partial charge is 0.426 e. The first kappa shape index (κ1) is 22.0. The molecule has 5 nitrogen and oxygen atoms in total. The molecule has 7 heteroatoms. The van der Waals surface area contributed by atoms with E-state index >= 15 is 0 Å². The number of imide groups is 1. The number of hydrogen-bond acceptors (Lipinski definition) is 4. The van der Waals surface area contributed by atoms with Crippen LogP contribution in [0.25, 0.3) is 0 Å². The predicted molar refractivity (Wildman–Crippen MR) is 122 cm³/mol. The fraction of sp³-hybridized carbons (Fsp3) is 0.609. The summed E-state index contributed by atoms with van der Waals surface area (Å²) in [6.07, 6.45) is 6.60. The number of amides is 2. The lowest BCUT2D eigenvalue weighted by Gasteiger charge is -2.28. The topological polar surface area (TPSA) is 63.7 Å². The zero-order valence-electron chi connectivity index (χ0n) is 17.1. The van der Waals surface area contributed by atoms with E-state index in [0.29, 0.717) is 17.9 Å². The molecule has 6 atom stereocenters. The molecule has 0 aromatic heterocycles. The minimum atomic E-state index is -0.276. The lowest BCUT2D eigenvalue weighted by atomic mass is 9.81. The standard InChI is InChI=1S/C23H27Br2NO4/c1-2-3-4-5-6-10-17(27)30-14-9-7-8-13(11-14)26-22(28)18-15-12-16(19(18)23(26)29)21(25)20(15)24/h7-9,11,15-16,18-21H,2-6,10,12H2,1H3/t15-,16+,18-,19-,20-,21+/m0/s1. The van der Waals surface area contributed by atoms with Gasteiger partial charge in [-0.2, -0.15) is 0 Å². The summed E-state index contributed by atoms with van der Waals surface area (Å²) in [7, 11) is 0. The molecule has 0 spiro atoms. The third kappa shape index (κ3) is 3.88. The Morgan fingerprint density at radius 2 is 1.67 bits per heavy atom. The zero-order valence-corrected chi connectivity index (χ0v) is 20.2. The number of rotatable bonds is 8. The van der Waals surface area contributed by atoms with Crippen molar-refractivity contribution in [3.05, 3.63) is 24.3 Å². The second kappa shape index (κ2) is 9.11. The van der Waals surface area contributed by atoms with Crippen LogP contribution in [0, 0.1) is 23.7 Å². The van der Waals surface area contributed by atoms with Crippen molar-refractivity contribution >= 4 is 55.3 Å². The number of nitrogens with zero attached hydrogens (tertiary/aromatic N) is 1. The lowest BCUT2D eigenvalue weighted by Crippen LogP contribution is -2.37. The minimum Gasteiger partial charge on any atom is -0.426 e. The van der Waals surface area contributed by atoms with Crippen LogP contribution in [-0.4, -0.2) is 27.4 Å².